The molecule has 0 aromatic heterocycles. The molecule has 1 atom stereocenters. The van der Waals surface area contributed by atoms with E-state index in [1.165, 1.54) is 18.2 Å². The Bertz CT molecular complexity index is 509. The molecule has 0 aliphatic heterocycles. The van der Waals surface area contributed by atoms with Gasteiger partial charge in [-0.05, 0) is 50.3 Å². The topological polar surface area (TPSA) is 47.6 Å². The standard InChI is InChI=1S/C17H25NO3/c1-11-5-6-12(2)16(13(11)3)21-10-9-15(17(19)20-4)18-14-7-8-14/h5-6,14-15,18H,7-10H2,1-4H3. The van der Waals surface area contributed by atoms with Gasteiger partial charge in [-0.15, -0.1) is 0 Å². The molecule has 0 radical (unpaired) electrons. The van der Waals surface area contributed by atoms with Gasteiger partial charge in [0.05, 0.1) is 13.7 Å². The van der Waals surface area contributed by atoms with Crippen LogP contribution in [0.25, 0.3) is 0 Å². The van der Waals surface area contributed by atoms with E-state index >= 15 is 0 Å². The average molecular weight is 291 g/mol. The second-order valence-corrected chi connectivity index (χ2v) is 5.81. The van der Waals surface area contributed by atoms with E-state index in [9.17, 15) is 4.79 Å². The molecular formula is C17H25NO3. The summed E-state index contributed by atoms with van der Waals surface area (Å²) in [5.41, 5.74) is 3.51. The maximum Gasteiger partial charge on any atom is 0.322 e. The smallest absolute Gasteiger partial charge is 0.322 e. The predicted octanol–water partition coefficient (Wildman–Crippen LogP) is 2.67. The molecule has 0 amide bonds. The summed E-state index contributed by atoms with van der Waals surface area (Å²) in [4.78, 5) is 11.8. The molecule has 1 aliphatic rings. The van der Waals surface area contributed by atoms with Gasteiger partial charge in [-0.1, -0.05) is 12.1 Å². The fourth-order valence-corrected chi connectivity index (χ4v) is 2.37. The van der Waals surface area contributed by atoms with Crippen LogP contribution in [0.2, 0.25) is 0 Å². The fraction of sp³-hybridized carbons (Fsp3) is 0.588. The molecule has 1 fully saturated rings. The van der Waals surface area contributed by atoms with Crippen LogP contribution in [0.4, 0.5) is 0 Å². The molecule has 21 heavy (non-hydrogen) atoms. The SMILES string of the molecule is COC(=O)C(CCOc1c(C)ccc(C)c1C)NC1CC1. The molecule has 0 spiro atoms. The summed E-state index contributed by atoms with van der Waals surface area (Å²) in [6.07, 6.45) is 2.91. The van der Waals surface area contributed by atoms with Gasteiger partial charge in [0.1, 0.15) is 11.8 Å². The van der Waals surface area contributed by atoms with Crippen molar-refractivity contribution in [1.82, 2.24) is 5.32 Å². The second kappa shape index (κ2) is 6.94. The number of methoxy groups -OCH3 is 1. The van der Waals surface area contributed by atoms with Gasteiger partial charge in [0.2, 0.25) is 0 Å². The van der Waals surface area contributed by atoms with E-state index in [-0.39, 0.29) is 12.0 Å². The molecule has 1 aromatic carbocycles. The summed E-state index contributed by atoms with van der Waals surface area (Å²) in [6.45, 7) is 6.69. The van der Waals surface area contributed by atoms with Crippen LogP contribution in [0.5, 0.6) is 5.75 Å². The van der Waals surface area contributed by atoms with Crippen LogP contribution in [0.3, 0.4) is 0 Å². The van der Waals surface area contributed by atoms with Gasteiger partial charge in [0, 0.05) is 12.5 Å². The van der Waals surface area contributed by atoms with E-state index in [1.807, 2.05) is 6.92 Å². The zero-order valence-electron chi connectivity index (χ0n) is 13.4. The zero-order valence-corrected chi connectivity index (χ0v) is 13.4. The molecule has 0 heterocycles. The minimum Gasteiger partial charge on any atom is -0.493 e. The molecule has 0 saturated heterocycles. The first-order chi connectivity index (χ1) is 10.0. The van der Waals surface area contributed by atoms with Crippen LogP contribution in [-0.2, 0) is 9.53 Å². The van der Waals surface area contributed by atoms with Crippen molar-refractivity contribution in [2.75, 3.05) is 13.7 Å². The maximum absolute atomic E-state index is 11.8. The molecule has 1 aliphatic carbocycles. The Morgan fingerprint density at radius 1 is 1.29 bits per heavy atom. The van der Waals surface area contributed by atoms with Gasteiger partial charge in [0.25, 0.3) is 0 Å². The van der Waals surface area contributed by atoms with E-state index in [0.717, 1.165) is 24.2 Å². The van der Waals surface area contributed by atoms with Crippen LogP contribution >= 0.6 is 0 Å². The van der Waals surface area contributed by atoms with Gasteiger partial charge in [-0.3, -0.25) is 4.79 Å². The summed E-state index contributed by atoms with van der Waals surface area (Å²) < 4.78 is 10.8. The molecule has 1 unspecified atom stereocenters. The third-order valence-electron chi connectivity index (χ3n) is 4.03. The number of hydrogen-bond donors (Lipinski definition) is 1. The van der Waals surface area contributed by atoms with Gasteiger partial charge in [-0.25, -0.2) is 0 Å². The molecule has 1 N–H and O–H groups in total. The Balaban J connectivity index is 1.92. The van der Waals surface area contributed by atoms with Crippen LogP contribution in [0, 0.1) is 20.8 Å². The first kappa shape index (κ1) is 15.8. The zero-order chi connectivity index (χ0) is 15.4. The lowest BCUT2D eigenvalue weighted by molar-refractivity contribution is -0.143. The Morgan fingerprint density at radius 2 is 1.95 bits per heavy atom. The summed E-state index contributed by atoms with van der Waals surface area (Å²) in [5, 5.41) is 3.31. The summed E-state index contributed by atoms with van der Waals surface area (Å²) >= 11 is 0. The van der Waals surface area contributed by atoms with Crippen molar-refractivity contribution in [3.05, 3.63) is 28.8 Å². The van der Waals surface area contributed by atoms with E-state index in [2.05, 4.69) is 31.3 Å². The van der Waals surface area contributed by atoms with Crippen molar-refractivity contribution < 1.29 is 14.3 Å². The Kier molecular flexibility index (Phi) is 5.23. The Morgan fingerprint density at radius 3 is 2.57 bits per heavy atom. The number of benzene rings is 1. The lowest BCUT2D eigenvalue weighted by atomic mass is 10.1. The predicted molar refractivity (Wildman–Crippen MR) is 82.7 cm³/mol. The molecular weight excluding hydrogens is 266 g/mol. The molecule has 1 saturated carbocycles. The van der Waals surface area contributed by atoms with Crippen molar-refractivity contribution in [3.63, 3.8) is 0 Å². The van der Waals surface area contributed by atoms with Crippen molar-refractivity contribution in [2.24, 2.45) is 0 Å². The van der Waals surface area contributed by atoms with Crippen molar-refractivity contribution in [2.45, 2.75) is 52.1 Å². The first-order valence-electron chi connectivity index (χ1n) is 7.56. The second-order valence-electron chi connectivity index (χ2n) is 5.81. The van der Waals surface area contributed by atoms with Gasteiger partial charge in [-0.2, -0.15) is 0 Å². The van der Waals surface area contributed by atoms with Gasteiger partial charge >= 0.3 is 5.97 Å². The van der Waals surface area contributed by atoms with Crippen LogP contribution in [-0.4, -0.2) is 31.8 Å². The lowest BCUT2D eigenvalue weighted by Crippen LogP contribution is -2.40. The van der Waals surface area contributed by atoms with Crippen molar-refractivity contribution in [1.29, 1.82) is 0 Å². The van der Waals surface area contributed by atoms with Gasteiger partial charge < -0.3 is 14.8 Å². The van der Waals surface area contributed by atoms with Gasteiger partial charge in [0.15, 0.2) is 0 Å². The fourth-order valence-electron chi connectivity index (χ4n) is 2.37. The van der Waals surface area contributed by atoms with E-state index in [4.69, 9.17) is 9.47 Å². The van der Waals surface area contributed by atoms with E-state index < -0.39 is 0 Å². The molecule has 0 bridgehead atoms. The Labute approximate surface area is 126 Å². The number of ether oxygens (including phenoxy) is 2. The minimum atomic E-state index is -0.270. The van der Waals surface area contributed by atoms with Crippen LogP contribution in [0.1, 0.15) is 36.0 Å². The normalized spacial score (nSPS) is 15.6. The number of carbonyl (C=O) groups is 1. The summed E-state index contributed by atoms with van der Waals surface area (Å²) in [5.74, 6) is 0.730. The molecule has 116 valence electrons. The quantitative estimate of drug-likeness (QED) is 0.785. The maximum atomic E-state index is 11.8. The third-order valence-corrected chi connectivity index (χ3v) is 4.03. The molecule has 1 aromatic rings. The van der Waals surface area contributed by atoms with E-state index in [0.29, 0.717) is 19.1 Å². The largest absolute Gasteiger partial charge is 0.493 e. The summed E-state index contributed by atoms with van der Waals surface area (Å²) in [6, 6.07) is 4.37. The third kappa shape index (κ3) is 4.21. The highest BCUT2D eigenvalue weighted by Gasteiger charge is 2.28. The highest BCUT2D eigenvalue weighted by atomic mass is 16.5. The minimum absolute atomic E-state index is 0.205. The molecule has 4 heteroatoms. The monoisotopic (exact) mass is 291 g/mol. The molecule has 4 nitrogen and oxygen atoms in total. The first-order valence-corrected chi connectivity index (χ1v) is 7.56. The van der Waals surface area contributed by atoms with Crippen molar-refractivity contribution in [3.8, 4) is 5.75 Å². The highest BCUT2D eigenvalue weighted by molar-refractivity contribution is 5.75. The number of hydrogen-bond acceptors (Lipinski definition) is 4. The van der Waals surface area contributed by atoms with Crippen LogP contribution < -0.4 is 10.1 Å². The molecule has 2 rings (SSSR count). The highest BCUT2D eigenvalue weighted by Crippen LogP contribution is 2.26. The summed E-state index contributed by atoms with van der Waals surface area (Å²) in [7, 11) is 1.43. The number of carbonyl (C=O) groups excluding carboxylic acids is 1. The number of aryl methyl sites for hydroxylation is 2. The van der Waals surface area contributed by atoms with E-state index in [1.54, 1.807) is 0 Å². The number of esters is 1. The lowest BCUT2D eigenvalue weighted by Gasteiger charge is -2.18. The number of rotatable bonds is 7. The Hall–Kier alpha value is -1.55. The average Bonchev–Trinajstić information content (AvgIpc) is 3.28. The number of nitrogens with one attached hydrogen (secondary N) is 1. The van der Waals surface area contributed by atoms with Crippen molar-refractivity contribution >= 4 is 5.97 Å². The van der Waals surface area contributed by atoms with Crippen LogP contribution in [0.15, 0.2) is 12.1 Å².